The van der Waals surface area contributed by atoms with Crippen LogP contribution in [0.2, 0.25) is 0 Å². The Morgan fingerprint density at radius 3 is 2.96 bits per heavy atom. The number of carbonyl (C=O) groups is 1. The van der Waals surface area contributed by atoms with Gasteiger partial charge in [-0.2, -0.15) is 0 Å². The van der Waals surface area contributed by atoms with Crippen LogP contribution in [0.25, 0.3) is 0 Å². The summed E-state index contributed by atoms with van der Waals surface area (Å²) in [7, 11) is 0. The number of fused-ring (bicyclic) bond motifs is 1. The fraction of sp³-hybridized carbons (Fsp3) is 0.625. The van der Waals surface area contributed by atoms with E-state index in [1.807, 2.05) is 18.2 Å². The number of nitrogens with one attached hydrogen (secondary N) is 3. The zero-order valence-electron chi connectivity index (χ0n) is 13.1. The molecule has 1 aromatic rings. The molecule has 1 amide bonds. The molecule has 7 nitrogen and oxygen atoms in total. The van der Waals surface area contributed by atoms with Crippen LogP contribution in [0.1, 0.15) is 18.5 Å². The third-order valence-corrected chi connectivity index (χ3v) is 4.92. The minimum Gasteiger partial charge on any atom is -0.381 e. The summed E-state index contributed by atoms with van der Waals surface area (Å²) in [5, 5.41) is 8.92. The number of hydrogen-bond acceptors (Lipinski definition) is 6. The Bertz CT molecular complexity index is 549. The lowest BCUT2D eigenvalue weighted by molar-refractivity contribution is -0.130. The van der Waals surface area contributed by atoms with Gasteiger partial charge in [-0.3, -0.25) is 20.5 Å². The normalized spacial score (nSPS) is 32.5. The van der Waals surface area contributed by atoms with Crippen LogP contribution in [0.4, 0.5) is 0 Å². The summed E-state index contributed by atoms with van der Waals surface area (Å²) in [6, 6.07) is 6.29. The molecule has 3 atom stereocenters. The van der Waals surface area contributed by atoms with E-state index in [1.165, 1.54) is 0 Å². The molecule has 1 aromatic heterocycles. The van der Waals surface area contributed by atoms with Crippen molar-refractivity contribution in [2.45, 2.75) is 37.6 Å². The second kappa shape index (κ2) is 6.52. The number of aromatic nitrogens is 1. The Morgan fingerprint density at radius 1 is 1.30 bits per heavy atom. The number of pyridine rings is 1. The average Bonchev–Trinajstić information content (AvgIpc) is 3.01. The molecule has 3 unspecified atom stereocenters. The lowest BCUT2D eigenvalue weighted by atomic mass is 10.00. The number of ether oxygens (including phenoxy) is 1. The van der Waals surface area contributed by atoms with Crippen LogP contribution < -0.4 is 16.1 Å². The second-order valence-corrected chi connectivity index (χ2v) is 6.42. The van der Waals surface area contributed by atoms with Crippen LogP contribution in [0, 0.1) is 5.92 Å². The Hall–Kier alpha value is -1.54. The van der Waals surface area contributed by atoms with Crippen molar-refractivity contribution in [3.8, 4) is 0 Å². The van der Waals surface area contributed by atoms with Crippen LogP contribution in [0.3, 0.4) is 0 Å². The Kier molecular flexibility index (Phi) is 4.26. The molecule has 0 aromatic carbocycles. The van der Waals surface area contributed by atoms with E-state index >= 15 is 0 Å². The molecule has 3 fully saturated rings. The van der Waals surface area contributed by atoms with Crippen LogP contribution in [-0.2, 0) is 16.0 Å². The van der Waals surface area contributed by atoms with E-state index in [0.717, 1.165) is 31.7 Å². The number of amides is 1. The predicted molar refractivity (Wildman–Crippen MR) is 84.0 cm³/mol. The third kappa shape index (κ3) is 3.10. The number of hydrazine groups is 1. The molecule has 0 bridgehead atoms. The van der Waals surface area contributed by atoms with Gasteiger partial charge < -0.3 is 10.1 Å². The van der Waals surface area contributed by atoms with E-state index in [9.17, 15) is 4.79 Å². The topological polar surface area (TPSA) is 78.5 Å². The molecule has 3 saturated heterocycles. The zero-order chi connectivity index (χ0) is 15.6. The van der Waals surface area contributed by atoms with Crippen molar-refractivity contribution < 1.29 is 9.53 Å². The molecule has 0 spiro atoms. The Balaban J connectivity index is 1.46. The number of carbonyl (C=O) groups excluding carboxylic acids is 1. The van der Waals surface area contributed by atoms with Gasteiger partial charge in [0.25, 0.3) is 0 Å². The molecule has 4 heterocycles. The summed E-state index contributed by atoms with van der Waals surface area (Å²) in [6.45, 7) is 2.28. The fourth-order valence-corrected chi connectivity index (χ4v) is 3.72. The second-order valence-electron chi connectivity index (χ2n) is 6.42. The molecule has 124 valence electrons. The molecule has 23 heavy (non-hydrogen) atoms. The maximum absolute atomic E-state index is 12.4. The van der Waals surface area contributed by atoms with Crippen molar-refractivity contribution in [3.63, 3.8) is 0 Å². The van der Waals surface area contributed by atoms with Crippen molar-refractivity contribution in [2.24, 2.45) is 5.92 Å². The highest BCUT2D eigenvalue weighted by atomic mass is 16.5. The fourth-order valence-electron chi connectivity index (χ4n) is 3.72. The maximum Gasteiger partial charge on any atom is 0.228 e. The molecule has 0 saturated carbocycles. The number of nitrogens with zero attached hydrogens (tertiary/aromatic N) is 2. The van der Waals surface area contributed by atoms with Gasteiger partial charge in [0.05, 0.1) is 18.2 Å². The molecule has 0 aliphatic carbocycles. The van der Waals surface area contributed by atoms with Gasteiger partial charge >= 0.3 is 0 Å². The van der Waals surface area contributed by atoms with Crippen LogP contribution in [0.15, 0.2) is 24.4 Å². The quantitative estimate of drug-likeness (QED) is 0.705. The molecule has 3 aliphatic rings. The van der Waals surface area contributed by atoms with Crippen molar-refractivity contribution in [2.75, 3.05) is 19.8 Å². The van der Waals surface area contributed by atoms with Crippen LogP contribution >= 0.6 is 0 Å². The van der Waals surface area contributed by atoms with Crippen molar-refractivity contribution in [1.82, 2.24) is 26.1 Å². The standard InChI is InChI=1S/C16H23N5O2/c22-16-13-10-18-21(12-4-7-23-8-5-12)15(13)19-14(20-16)9-11-3-1-2-6-17-11/h1-3,6,12-15,18-19H,4-5,7-10H2,(H,20,22). The molecule has 4 rings (SSSR count). The van der Waals surface area contributed by atoms with Gasteiger partial charge in [-0.1, -0.05) is 6.07 Å². The lowest BCUT2D eigenvalue weighted by Gasteiger charge is -2.40. The van der Waals surface area contributed by atoms with Crippen LogP contribution in [0.5, 0.6) is 0 Å². The highest BCUT2D eigenvalue weighted by Crippen LogP contribution is 2.25. The predicted octanol–water partition coefficient (Wildman–Crippen LogP) is -0.389. The van der Waals surface area contributed by atoms with E-state index in [0.29, 0.717) is 19.0 Å². The first-order valence-corrected chi connectivity index (χ1v) is 8.37. The highest BCUT2D eigenvalue weighted by molar-refractivity contribution is 5.81. The van der Waals surface area contributed by atoms with Crippen molar-refractivity contribution in [3.05, 3.63) is 30.1 Å². The maximum atomic E-state index is 12.4. The van der Waals surface area contributed by atoms with Gasteiger partial charge in [0, 0.05) is 44.1 Å². The Labute approximate surface area is 135 Å². The summed E-state index contributed by atoms with van der Waals surface area (Å²) in [6.07, 6.45) is 4.45. The highest BCUT2D eigenvalue weighted by Gasteiger charge is 2.46. The first-order valence-electron chi connectivity index (χ1n) is 8.37. The molecular weight excluding hydrogens is 294 g/mol. The van der Waals surface area contributed by atoms with E-state index in [1.54, 1.807) is 6.20 Å². The SMILES string of the molecule is O=C1NC(Cc2ccccn2)NC2C1CNN2C1CCOCC1. The van der Waals surface area contributed by atoms with Gasteiger partial charge in [0.2, 0.25) is 5.91 Å². The summed E-state index contributed by atoms with van der Waals surface area (Å²) < 4.78 is 5.45. The average molecular weight is 317 g/mol. The van der Waals surface area contributed by atoms with E-state index in [-0.39, 0.29) is 24.2 Å². The van der Waals surface area contributed by atoms with E-state index in [2.05, 4.69) is 26.1 Å². The first kappa shape index (κ1) is 15.0. The van der Waals surface area contributed by atoms with Crippen LogP contribution in [-0.4, -0.2) is 54.0 Å². The summed E-state index contributed by atoms with van der Waals surface area (Å²) in [5.41, 5.74) is 4.40. The molecule has 0 radical (unpaired) electrons. The lowest BCUT2D eigenvalue weighted by Crippen LogP contribution is -2.66. The monoisotopic (exact) mass is 317 g/mol. The number of hydrogen-bond donors (Lipinski definition) is 3. The molecule has 3 N–H and O–H groups in total. The summed E-state index contributed by atoms with van der Waals surface area (Å²) >= 11 is 0. The van der Waals surface area contributed by atoms with E-state index in [4.69, 9.17) is 4.74 Å². The van der Waals surface area contributed by atoms with Gasteiger partial charge in [-0.25, -0.2) is 5.01 Å². The van der Waals surface area contributed by atoms with Gasteiger partial charge in [-0.05, 0) is 25.0 Å². The van der Waals surface area contributed by atoms with Gasteiger partial charge in [0.1, 0.15) is 0 Å². The molecular formula is C16H23N5O2. The molecule has 3 aliphatic heterocycles. The van der Waals surface area contributed by atoms with Crippen molar-refractivity contribution >= 4 is 5.91 Å². The first-order chi connectivity index (χ1) is 11.3. The van der Waals surface area contributed by atoms with Gasteiger partial charge in [0.15, 0.2) is 0 Å². The minimum atomic E-state index is -0.0825. The van der Waals surface area contributed by atoms with Crippen molar-refractivity contribution in [1.29, 1.82) is 0 Å². The molecule has 7 heteroatoms. The Morgan fingerprint density at radius 2 is 2.17 bits per heavy atom. The number of rotatable bonds is 3. The summed E-state index contributed by atoms with van der Waals surface area (Å²) in [5.74, 6) is 0.0783. The largest absolute Gasteiger partial charge is 0.381 e. The van der Waals surface area contributed by atoms with Gasteiger partial charge in [-0.15, -0.1) is 0 Å². The minimum absolute atomic E-state index is 0.0422. The third-order valence-electron chi connectivity index (χ3n) is 4.92. The van der Waals surface area contributed by atoms with E-state index < -0.39 is 0 Å². The zero-order valence-corrected chi connectivity index (χ0v) is 13.1. The smallest absolute Gasteiger partial charge is 0.228 e. The summed E-state index contributed by atoms with van der Waals surface area (Å²) in [4.78, 5) is 16.8.